The third-order valence-electron chi connectivity index (χ3n) is 16.5. The minimum absolute atomic E-state index is 0.00967. The molecule has 0 unspecified atom stereocenters. The number of aliphatic hydroxyl groups excluding tert-OH is 3. The van der Waals surface area contributed by atoms with Gasteiger partial charge < -0.3 is 111 Å². The van der Waals surface area contributed by atoms with Gasteiger partial charge in [0.1, 0.15) is 66.5 Å². The molecule has 36 nitrogen and oxygen atoms in total. The average Bonchev–Trinajstić information content (AvgIpc) is 1.66. The zero-order valence-corrected chi connectivity index (χ0v) is 57.6. The summed E-state index contributed by atoms with van der Waals surface area (Å²) in [6, 6.07) is -9.94. The Bertz CT molecular complexity index is 3460. The second kappa shape index (κ2) is 38.3. The Labute approximate surface area is 577 Å². The van der Waals surface area contributed by atoms with E-state index in [1.54, 1.807) is 24.4 Å². The smallest absolute Gasteiger partial charge is 0.245 e. The van der Waals surface area contributed by atoms with Gasteiger partial charge in [0.15, 0.2) is 5.96 Å². The lowest BCUT2D eigenvalue weighted by atomic mass is 10.0. The van der Waals surface area contributed by atoms with E-state index in [1.165, 1.54) is 50.7 Å². The molecule has 5 rings (SSSR count). The lowest BCUT2D eigenvalue weighted by molar-refractivity contribution is -0.142. The van der Waals surface area contributed by atoms with Gasteiger partial charge in [-0.3, -0.25) is 62.5 Å². The number of aliphatic hydroxyl groups is 3. The number of para-hydroxylation sites is 1. The van der Waals surface area contributed by atoms with E-state index in [1.807, 2.05) is 33.8 Å². The van der Waals surface area contributed by atoms with E-state index in [2.05, 4.69) is 83.1 Å². The van der Waals surface area contributed by atoms with E-state index >= 15 is 0 Å². The topological polar surface area (TPSA) is 579 Å². The number of nitrogens with zero attached hydrogens (tertiary/aromatic N) is 4. The number of guanidine groups is 1. The first-order chi connectivity index (χ1) is 47.1. The summed E-state index contributed by atoms with van der Waals surface area (Å²) in [5.41, 5.74) is 24.7. The number of carbonyl (C=O) groups is 12. The second-order valence-electron chi connectivity index (χ2n) is 26.0. The molecule has 24 N–H and O–H groups in total. The van der Waals surface area contributed by atoms with Crippen LogP contribution in [0.3, 0.4) is 0 Å². The van der Waals surface area contributed by atoms with Crippen LogP contribution in [0.4, 0.5) is 0 Å². The number of benzene rings is 1. The maximum absolute atomic E-state index is 15.0. The number of primary amides is 1. The molecule has 12 amide bonds. The molecule has 15 atom stereocenters. The third kappa shape index (κ3) is 24.4. The summed E-state index contributed by atoms with van der Waals surface area (Å²) < 4.78 is 0. The molecule has 0 bridgehead atoms. The molecule has 1 saturated heterocycles. The first-order valence-electron chi connectivity index (χ1n) is 33.1. The standard InChI is InChI=1S/C64H99N21O15/c1-30(2)20-41(65)55(92)78-44(21-31(3)4)56(93)76-32(5)53(90)75-33(6)54(91)83-51(36(9)88)62(99)84-50(35(8)87)61(98)81-47(24-39-27-70-29-74-39)58(95)79-46(23-38-26-69-28-73-38)57(94)77-43(16-12-18-71-64(67)68)63(100)85-19-13-17-48(85)60(97)80-45(59(96)82-49(34(7)86)52(66)89)22-37-25-72-42-15-11-10-14-40(37)42/h10-11,14-15,25-36,41,43-51,72,86-88H,12-13,16-24,65H2,1-9H3,(H2,66,89)(H,69,73)(H,70,74)(H,75,90)(H,76,93)(H,77,94)(H,78,92)(H,79,95)(H,80,97)(H,81,98)(H,82,96)(H,83,91)(H,84,99)(H4,67,68,71)/t32-,33-,34+,35+,36+,41-,43-,44-,45-,46-,47-,48-,49-,50-,51-/m0/s1. The molecule has 550 valence electrons. The van der Waals surface area contributed by atoms with Crippen LogP contribution in [0.25, 0.3) is 10.9 Å². The maximum Gasteiger partial charge on any atom is 0.245 e. The maximum atomic E-state index is 15.0. The number of hydrogen-bond donors (Lipinski definition) is 20. The molecular weight excluding hydrogens is 1300 g/mol. The first-order valence-corrected chi connectivity index (χ1v) is 33.1. The largest absolute Gasteiger partial charge is 0.391 e. The van der Waals surface area contributed by atoms with Gasteiger partial charge in [0.25, 0.3) is 0 Å². The van der Waals surface area contributed by atoms with Crippen molar-refractivity contribution < 1.29 is 72.9 Å². The van der Waals surface area contributed by atoms with Crippen LogP contribution in [-0.2, 0) is 76.8 Å². The number of carbonyl (C=O) groups excluding carboxylic acids is 12. The summed E-state index contributed by atoms with van der Waals surface area (Å²) in [5, 5.41) is 58.1. The van der Waals surface area contributed by atoms with Crippen LogP contribution in [0.2, 0.25) is 0 Å². The Kier molecular flexibility index (Phi) is 30.9. The van der Waals surface area contributed by atoms with Crippen LogP contribution < -0.4 is 76.1 Å². The normalized spacial score (nSPS) is 17.1. The first kappa shape index (κ1) is 80.6. The van der Waals surface area contributed by atoms with Gasteiger partial charge in [-0.15, -0.1) is 0 Å². The molecular formula is C64H99N21O15. The van der Waals surface area contributed by atoms with Gasteiger partial charge in [-0.05, 0) is 96.6 Å². The van der Waals surface area contributed by atoms with Gasteiger partial charge >= 0.3 is 0 Å². The summed E-state index contributed by atoms with van der Waals surface area (Å²) in [5.74, 6) is -11.1. The van der Waals surface area contributed by atoms with Crippen molar-refractivity contribution >= 4 is 87.7 Å². The number of aromatic nitrogens is 5. The van der Waals surface area contributed by atoms with Gasteiger partial charge in [0, 0.05) is 73.2 Å². The molecule has 0 spiro atoms. The molecule has 1 aromatic carbocycles. The summed E-state index contributed by atoms with van der Waals surface area (Å²) in [4.78, 5) is 189. The van der Waals surface area contributed by atoms with Crippen molar-refractivity contribution in [2.75, 3.05) is 13.1 Å². The van der Waals surface area contributed by atoms with Crippen LogP contribution in [0.1, 0.15) is 118 Å². The molecule has 36 heteroatoms. The van der Waals surface area contributed by atoms with Gasteiger partial charge in [-0.25, -0.2) is 9.97 Å². The van der Waals surface area contributed by atoms with Crippen molar-refractivity contribution in [3.63, 3.8) is 0 Å². The van der Waals surface area contributed by atoms with Crippen LogP contribution in [0.5, 0.6) is 0 Å². The number of amides is 12. The number of aromatic amines is 3. The molecule has 3 aromatic heterocycles. The van der Waals surface area contributed by atoms with Crippen LogP contribution in [-0.4, -0.2) is 226 Å². The highest BCUT2D eigenvalue weighted by Crippen LogP contribution is 2.23. The molecule has 1 fully saturated rings. The SMILES string of the molecule is CC(C)C[C@H](NC(=O)[C@@H](N)CC(C)C)C(=O)N[C@@H](C)C(=O)N[C@@H](C)C(=O)N[C@H](C(=O)N[C@H](C(=O)N[C@@H](Cc1cnc[nH]1)C(=O)N[C@@H](Cc1cnc[nH]1)C(=O)N[C@@H](CCCN=C(N)N)C(=O)N1CCC[C@H]1C(=O)N[C@@H](Cc1c[nH]c2ccccc12)C(=O)N[C@H](C(N)=O)[C@@H](C)O)[C@@H](C)O)[C@@H](C)O. The fourth-order valence-corrected chi connectivity index (χ4v) is 11.1. The predicted octanol–water partition coefficient (Wildman–Crippen LogP) is -5.38. The van der Waals surface area contributed by atoms with E-state index in [4.69, 9.17) is 22.9 Å². The van der Waals surface area contributed by atoms with Crippen molar-refractivity contribution in [2.45, 2.75) is 211 Å². The third-order valence-corrected chi connectivity index (χ3v) is 16.5. The Hall–Kier alpha value is -10.1. The lowest BCUT2D eigenvalue weighted by Crippen LogP contribution is -2.63. The molecule has 1 aliphatic rings. The highest BCUT2D eigenvalue weighted by molar-refractivity contribution is 6.00. The number of hydrogen-bond acceptors (Lipinski definition) is 19. The number of H-pyrrole nitrogens is 3. The molecule has 4 heterocycles. The zero-order chi connectivity index (χ0) is 74.2. The van der Waals surface area contributed by atoms with Gasteiger partial charge in [0.05, 0.1) is 37.0 Å². The molecule has 1 aliphatic heterocycles. The summed E-state index contributed by atoms with van der Waals surface area (Å²) >= 11 is 0. The van der Waals surface area contributed by atoms with Crippen LogP contribution in [0, 0.1) is 11.8 Å². The minimum Gasteiger partial charge on any atom is -0.391 e. The zero-order valence-electron chi connectivity index (χ0n) is 57.6. The Morgan fingerprint density at radius 2 is 1.02 bits per heavy atom. The lowest BCUT2D eigenvalue weighted by Gasteiger charge is -2.31. The van der Waals surface area contributed by atoms with Gasteiger partial charge in [-0.1, -0.05) is 45.9 Å². The van der Waals surface area contributed by atoms with Crippen molar-refractivity contribution in [3.8, 4) is 0 Å². The van der Waals surface area contributed by atoms with E-state index in [-0.39, 0.29) is 81.5 Å². The summed E-state index contributed by atoms with van der Waals surface area (Å²) in [7, 11) is 0. The fraction of sp³-hybridized carbons (Fsp3) is 0.578. The van der Waals surface area contributed by atoms with Crippen molar-refractivity contribution in [3.05, 3.63) is 72.5 Å². The molecule has 0 saturated carbocycles. The number of nitrogens with one attached hydrogen (secondary N) is 13. The average molecular weight is 1400 g/mol. The quantitative estimate of drug-likeness (QED) is 0.0113. The Morgan fingerprint density at radius 3 is 1.55 bits per heavy atom. The number of likely N-dealkylation sites (tertiary alicyclic amines) is 1. The highest BCUT2D eigenvalue weighted by Gasteiger charge is 2.42. The van der Waals surface area contributed by atoms with E-state index in [0.717, 1.165) is 24.8 Å². The van der Waals surface area contributed by atoms with Crippen LogP contribution >= 0.6 is 0 Å². The van der Waals surface area contributed by atoms with Gasteiger partial charge in [0.2, 0.25) is 70.9 Å². The number of fused-ring (bicyclic) bond motifs is 1. The number of rotatable bonds is 39. The van der Waals surface area contributed by atoms with E-state index in [0.29, 0.717) is 24.1 Å². The van der Waals surface area contributed by atoms with Crippen molar-refractivity contribution in [1.82, 2.24) is 83.0 Å². The van der Waals surface area contributed by atoms with Crippen LogP contribution in [0.15, 0.2) is 60.5 Å². The number of imidazole rings is 2. The van der Waals surface area contributed by atoms with Gasteiger partial charge in [-0.2, -0.15) is 0 Å². The van der Waals surface area contributed by atoms with Crippen molar-refractivity contribution in [2.24, 2.45) is 39.8 Å². The molecule has 0 radical (unpaired) electrons. The minimum atomic E-state index is -1.90. The molecule has 100 heavy (non-hydrogen) atoms. The second-order valence-corrected chi connectivity index (χ2v) is 26.0. The summed E-state index contributed by atoms with van der Waals surface area (Å²) in [6.07, 6.45) is 2.31. The number of nitrogens with two attached hydrogens (primary N) is 4. The highest BCUT2D eigenvalue weighted by atomic mass is 16.3. The monoisotopic (exact) mass is 1400 g/mol. The molecule has 0 aliphatic carbocycles. The Morgan fingerprint density at radius 1 is 0.550 bits per heavy atom. The number of aliphatic imine (C=N–C) groups is 1. The Balaban J connectivity index is 1.33. The molecule has 4 aromatic rings. The van der Waals surface area contributed by atoms with Crippen molar-refractivity contribution in [1.29, 1.82) is 0 Å². The predicted molar refractivity (Wildman–Crippen MR) is 363 cm³/mol. The summed E-state index contributed by atoms with van der Waals surface area (Å²) in [6.45, 7) is 13.6. The fourth-order valence-electron chi connectivity index (χ4n) is 11.1. The van der Waals surface area contributed by atoms with E-state index in [9.17, 15) is 72.9 Å². The van der Waals surface area contributed by atoms with E-state index < -0.39 is 162 Å².